The number of rotatable bonds is 5. The van der Waals surface area contributed by atoms with Crippen molar-refractivity contribution < 1.29 is 9.57 Å². The maximum atomic E-state index is 5.21. The fraction of sp³-hybridized carbons (Fsp3) is 0.188. The molecule has 0 aliphatic carbocycles. The minimum Gasteiger partial charge on any atom is -0.497 e. The molecule has 0 atom stereocenters. The minimum absolute atomic E-state index is 0.419. The Balaban J connectivity index is 1.85. The van der Waals surface area contributed by atoms with Crippen molar-refractivity contribution in [2.24, 2.45) is 5.16 Å². The van der Waals surface area contributed by atoms with Gasteiger partial charge in [-0.2, -0.15) is 0 Å². The van der Waals surface area contributed by atoms with E-state index >= 15 is 0 Å². The maximum absolute atomic E-state index is 5.21. The fourth-order valence-corrected chi connectivity index (χ4v) is 1.63. The second kappa shape index (κ2) is 6.59. The van der Waals surface area contributed by atoms with Crippen LogP contribution in [0.15, 0.2) is 53.7 Å². The van der Waals surface area contributed by atoms with Gasteiger partial charge in [-0.05, 0) is 30.7 Å². The molecule has 0 spiro atoms. The molecule has 0 amide bonds. The van der Waals surface area contributed by atoms with Crippen LogP contribution in [0.3, 0.4) is 0 Å². The highest BCUT2D eigenvalue weighted by molar-refractivity contribution is 5.79. The van der Waals surface area contributed by atoms with E-state index in [1.807, 2.05) is 55.5 Å². The van der Waals surface area contributed by atoms with E-state index in [4.69, 9.17) is 9.57 Å². The Morgan fingerprint density at radius 3 is 2.58 bits per heavy atom. The molecule has 0 aliphatic rings. The number of hydrogen-bond acceptors (Lipinski definition) is 3. The van der Waals surface area contributed by atoms with Crippen molar-refractivity contribution in [3.8, 4) is 5.75 Å². The average Bonchev–Trinajstić information content (AvgIpc) is 2.44. The Morgan fingerprint density at radius 2 is 1.89 bits per heavy atom. The van der Waals surface area contributed by atoms with Gasteiger partial charge in [-0.3, -0.25) is 0 Å². The molecule has 97 valence electrons. The standard InChI is InChI=1S/C16H16NO2/c1-13-4-3-5-15(10-13)11-17-19-12-14-6-8-16(18-2)9-7-14/h3-10H,12H2,1-2H3. The summed E-state index contributed by atoms with van der Waals surface area (Å²) in [6, 6.07) is 15.6. The molecule has 2 aromatic rings. The molecule has 3 nitrogen and oxygen atoms in total. The number of hydrogen-bond donors (Lipinski definition) is 0. The molecule has 0 bridgehead atoms. The molecule has 1 radical (unpaired) electrons. The third-order valence-electron chi connectivity index (χ3n) is 2.65. The predicted octanol–water partition coefficient (Wildman–Crippen LogP) is 3.43. The summed E-state index contributed by atoms with van der Waals surface area (Å²) in [5.41, 5.74) is 3.13. The molecular weight excluding hydrogens is 238 g/mol. The highest BCUT2D eigenvalue weighted by Crippen LogP contribution is 2.12. The molecule has 0 saturated carbocycles. The lowest BCUT2D eigenvalue weighted by Crippen LogP contribution is -1.89. The van der Waals surface area contributed by atoms with Gasteiger partial charge in [0.1, 0.15) is 18.6 Å². The van der Waals surface area contributed by atoms with Crippen LogP contribution >= 0.6 is 0 Å². The zero-order valence-electron chi connectivity index (χ0n) is 11.1. The SMILES string of the molecule is COc1ccc(CO/N=[C]\c2cccc(C)c2)cc1. The van der Waals surface area contributed by atoms with Crippen LogP contribution in [0, 0.1) is 6.92 Å². The highest BCUT2D eigenvalue weighted by Gasteiger charge is 1.94. The number of benzene rings is 2. The molecular formula is C16H16NO2. The van der Waals surface area contributed by atoms with Gasteiger partial charge in [-0.25, -0.2) is 0 Å². The van der Waals surface area contributed by atoms with Crippen molar-refractivity contribution >= 4 is 6.21 Å². The van der Waals surface area contributed by atoms with Crippen molar-refractivity contribution in [3.63, 3.8) is 0 Å². The van der Waals surface area contributed by atoms with Gasteiger partial charge >= 0.3 is 0 Å². The van der Waals surface area contributed by atoms with Crippen LogP contribution in [0.4, 0.5) is 0 Å². The van der Waals surface area contributed by atoms with E-state index in [1.165, 1.54) is 5.56 Å². The minimum atomic E-state index is 0.419. The summed E-state index contributed by atoms with van der Waals surface area (Å²) in [6.07, 6.45) is 2.86. The second-order valence-corrected chi connectivity index (χ2v) is 4.19. The molecule has 3 heteroatoms. The van der Waals surface area contributed by atoms with Crippen LogP contribution < -0.4 is 4.74 Å². The first-order valence-electron chi connectivity index (χ1n) is 6.05. The van der Waals surface area contributed by atoms with Crippen LogP contribution in [0.5, 0.6) is 5.75 Å². The number of nitrogens with zero attached hydrogens (tertiary/aromatic N) is 1. The lowest BCUT2D eigenvalue weighted by atomic mass is 10.2. The van der Waals surface area contributed by atoms with E-state index in [-0.39, 0.29) is 0 Å². The molecule has 0 unspecified atom stereocenters. The summed E-state index contributed by atoms with van der Waals surface area (Å²) in [7, 11) is 1.65. The normalized spacial score (nSPS) is 10.6. The van der Waals surface area contributed by atoms with Crippen molar-refractivity contribution in [3.05, 3.63) is 65.2 Å². The molecule has 0 N–H and O–H groups in total. The van der Waals surface area contributed by atoms with Crippen molar-refractivity contribution in [1.82, 2.24) is 0 Å². The van der Waals surface area contributed by atoms with E-state index in [0.29, 0.717) is 6.61 Å². The first kappa shape index (κ1) is 13.1. The monoisotopic (exact) mass is 254 g/mol. The van der Waals surface area contributed by atoms with Crippen molar-refractivity contribution in [2.45, 2.75) is 13.5 Å². The van der Waals surface area contributed by atoms with Crippen LogP contribution in [-0.2, 0) is 11.4 Å². The zero-order valence-corrected chi connectivity index (χ0v) is 11.1. The Morgan fingerprint density at radius 1 is 1.11 bits per heavy atom. The van der Waals surface area contributed by atoms with Gasteiger partial charge in [0.05, 0.1) is 7.11 Å². The van der Waals surface area contributed by atoms with Crippen LogP contribution in [-0.4, -0.2) is 13.3 Å². The first-order valence-corrected chi connectivity index (χ1v) is 6.05. The molecule has 0 saturated heterocycles. The Kier molecular flexibility index (Phi) is 4.56. The van der Waals surface area contributed by atoms with Crippen LogP contribution in [0.25, 0.3) is 0 Å². The number of methoxy groups -OCH3 is 1. The van der Waals surface area contributed by atoms with Gasteiger partial charge < -0.3 is 9.57 Å². The van der Waals surface area contributed by atoms with Gasteiger partial charge in [0.15, 0.2) is 0 Å². The molecule has 2 rings (SSSR count). The van der Waals surface area contributed by atoms with E-state index in [9.17, 15) is 0 Å². The van der Waals surface area contributed by atoms with Gasteiger partial charge in [0.2, 0.25) is 0 Å². The van der Waals surface area contributed by atoms with E-state index in [2.05, 4.69) is 11.4 Å². The summed E-state index contributed by atoms with van der Waals surface area (Å²) in [4.78, 5) is 5.21. The molecule has 0 aromatic heterocycles. The average molecular weight is 254 g/mol. The summed E-state index contributed by atoms with van der Waals surface area (Å²) in [5.74, 6) is 0.832. The highest BCUT2D eigenvalue weighted by atomic mass is 16.6. The molecule has 0 fully saturated rings. The smallest absolute Gasteiger partial charge is 0.142 e. The van der Waals surface area contributed by atoms with E-state index < -0.39 is 0 Å². The van der Waals surface area contributed by atoms with E-state index in [0.717, 1.165) is 16.9 Å². The Hall–Kier alpha value is -2.29. The first-order chi connectivity index (χ1) is 9.28. The van der Waals surface area contributed by atoms with Crippen molar-refractivity contribution in [1.29, 1.82) is 0 Å². The molecule has 0 aliphatic heterocycles. The summed E-state index contributed by atoms with van der Waals surface area (Å²) >= 11 is 0. The molecule has 0 heterocycles. The molecule has 2 aromatic carbocycles. The second-order valence-electron chi connectivity index (χ2n) is 4.19. The van der Waals surface area contributed by atoms with E-state index in [1.54, 1.807) is 7.11 Å². The summed E-state index contributed by atoms with van der Waals surface area (Å²) in [5, 5.41) is 3.84. The summed E-state index contributed by atoms with van der Waals surface area (Å²) < 4.78 is 5.09. The van der Waals surface area contributed by atoms with Crippen LogP contribution in [0.1, 0.15) is 16.7 Å². The third kappa shape index (κ3) is 4.14. The third-order valence-corrected chi connectivity index (χ3v) is 2.65. The summed E-state index contributed by atoms with van der Waals surface area (Å²) in [6.45, 7) is 2.45. The Labute approximate surface area is 113 Å². The fourth-order valence-electron chi connectivity index (χ4n) is 1.63. The van der Waals surface area contributed by atoms with Gasteiger partial charge in [-0.1, -0.05) is 41.1 Å². The topological polar surface area (TPSA) is 30.8 Å². The quantitative estimate of drug-likeness (QED) is 0.604. The molecule has 19 heavy (non-hydrogen) atoms. The van der Waals surface area contributed by atoms with Gasteiger partial charge in [0.25, 0.3) is 0 Å². The zero-order chi connectivity index (χ0) is 13.5. The van der Waals surface area contributed by atoms with Gasteiger partial charge in [0, 0.05) is 5.56 Å². The lowest BCUT2D eigenvalue weighted by molar-refractivity contribution is 0.132. The maximum Gasteiger partial charge on any atom is 0.142 e. The largest absolute Gasteiger partial charge is 0.497 e. The predicted molar refractivity (Wildman–Crippen MR) is 75.5 cm³/mol. The van der Waals surface area contributed by atoms with Gasteiger partial charge in [-0.15, -0.1) is 0 Å². The number of aryl methyl sites for hydroxylation is 1. The number of ether oxygens (including phenoxy) is 1. The van der Waals surface area contributed by atoms with Crippen LogP contribution in [0.2, 0.25) is 0 Å². The lowest BCUT2D eigenvalue weighted by Gasteiger charge is -2.02. The Bertz CT molecular complexity index is 547. The van der Waals surface area contributed by atoms with Crippen molar-refractivity contribution in [2.75, 3.05) is 7.11 Å².